The van der Waals surface area contributed by atoms with E-state index in [9.17, 15) is 9.59 Å². The van der Waals surface area contributed by atoms with E-state index in [4.69, 9.17) is 9.84 Å². The number of aliphatic carboxylic acids is 1. The largest absolute Gasteiger partial charge is 0.480 e. The number of carbonyl (C=O) groups excluding carboxylic acids is 1. The number of rotatable bonds is 6. The Balaban J connectivity index is 1.40. The summed E-state index contributed by atoms with van der Waals surface area (Å²) in [6.07, 6.45) is 4.34. The molecule has 3 fully saturated rings. The van der Waals surface area contributed by atoms with Crippen molar-refractivity contribution in [1.29, 1.82) is 0 Å². The molecule has 1 aliphatic heterocycles. The Morgan fingerprint density at radius 1 is 1.35 bits per heavy atom. The molecule has 2 amide bonds. The standard InChI is InChI=1S/C16H27N3O4/c1-2-18(10-15(20)21)13-7-12(8-13)17-16(22)19-5-6-23-14(9-19)11-3-4-11/h11-14H,2-10H2,1H3,(H,17,22)(H,20,21). The predicted octanol–water partition coefficient (Wildman–Crippen LogP) is 0.744. The molecule has 1 saturated heterocycles. The molecule has 0 bridgehead atoms. The molecule has 7 nitrogen and oxygen atoms in total. The maximum absolute atomic E-state index is 12.4. The normalized spacial score (nSPS) is 30.9. The van der Waals surface area contributed by atoms with E-state index in [1.165, 1.54) is 12.8 Å². The second-order valence-electron chi connectivity index (χ2n) is 6.92. The molecule has 7 heteroatoms. The van der Waals surface area contributed by atoms with Gasteiger partial charge < -0.3 is 20.1 Å². The molecule has 130 valence electrons. The lowest BCUT2D eigenvalue weighted by molar-refractivity contribution is -0.139. The minimum absolute atomic E-state index is 0.00341. The fourth-order valence-electron chi connectivity index (χ4n) is 3.56. The van der Waals surface area contributed by atoms with Gasteiger partial charge in [-0.3, -0.25) is 9.69 Å². The molecule has 23 heavy (non-hydrogen) atoms. The summed E-state index contributed by atoms with van der Waals surface area (Å²) in [5, 5.41) is 12.0. The van der Waals surface area contributed by atoms with Crippen molar-refractivity contribution in [2.75, 3.05) is 32.8 Å². The first-order valence-electron chi connectivity index (χ1n) is 8.69. The lowest BCUT2D eigenvalue weighted by Crippen LogP contribution is -2.58. The number of hydrogen-bond donors (Lipinski definition) is 2. The summed E-state index contributed by atoms with van der Waals surface area (Å²) in [6, 6.07) is 0.437. The quantitative estimate of drug-likeness (QED) is 0.753. The number of hydrogen-bond acceptors (Lipinski definition) is 4. The Labute approximate surface area is 136 Å². The molecular formula is C16H27N3O4. The number of nitrogens with zero attached hydrogens (tertiary/aromatic N) is 2. The van der Waals surface area contributed by atoms with Gasteiger partial charge in [0.15, 0.2) is 0 Å². The number of morpholine rings is 1. The van der Waals surface area contributed by atoms with Gasteiger partial charge in [-0.1, -0.05) is 6.92 Å². The molecular weight excluding hydrogens is 298 g/mol. The number of urea groups is 1. The number of carbonyl (C=O) groups is 2. The zero-order chi connectivity index (χ0) is 16.4. The summed E-state index contributed by atoms with van der Waals surface area (Å²) in [4.78, 5) is 27.0. The molecule has 3 aliphatic rings. The topological polar surface area (TPSA) is 82.1 Å². The molecule has 1 atom stereocenters. The van der Waals surface area contributed by atoms with Gasteiger partial charge in [-0.05, 0) is 38.1 Å². The van der Waals surface area contributed by atoms with Crippen LogP contribution in [0, 0.1) is 5.92 Å². The van der Waals surface area contributed by atoms with Crippen molar-refractivity contribution < 1.29 is 19.4 Å². The van der Waals surface area contributed by atoms with Crippen LogP contribution < -0.4 is 5.32 Å². The van der Waals surface area contributed by atoms with Gasteiger partial charge in [0.05, 0.1) is 19.3 Å². The van der Waals surface area contributed by atoms with E-state index >= 15 is 0 Å². The highest BCUT2D eigenvalue weighted by molar-refractivity contribution is 5.75. The molecule has 2 aliphatic carbocycles. The molecule has 1 heterocycles. The summed E-state index contributed by atoms with van der Waals surface area (Å²) >= 11 is 0. The molecule has 0 aromatic heterocycles. The average molecular weight is 325 g/mol. The second kappa shape index (κ2) is 7.05. The number of amides is 2. The number of carboxylic acid groups (broad SMARTS) is 1. The van der Waals surface area contributed by atoms with Crippen molar-refractivity contribution in [3.63, 3.8) is 0 Å². The van der Waals surface area contributed by atoms with E-state index < -0.39 is 5.97 Å². The third kappa shape index (κ3) is 4.14. The Morgan fingerprint density at radius 2 is 2.09 bits per heavy atom. The third-order valence-electron chi connectivity index (χ3n) is 5.23. The zero-order valence-electron chi connectivity index (χ0n) is 13.7. The smallest absolute Gasteiger partial charge is 0.317 e. The molecule has 3 rings (SSSR count). The lowest BCUT2D eigenvalue weighted by Gasteiger charge is -2.43. The van der Waals surface area contributed by atoms with E-state index in [-0.39, 0.29) is 30.8 Å². The molecule has 0 radical (unpaired) electrons. The van der Waals surface area contributed by atoms with Gasteiger partial charge in [-0.2, -0.15) is 0 Å². The number of carboxylic acids is 1. The van der Waals surface area contributed by atoms with Crippen molar-refractivity contribution in [2.45, 2.75) is 50.8 Å². The third-order valence-corrected chi connectivity index (χ3v) is 5.23. The Morgan fingerprint density at radius 3 is 2.70 bits per heavy atom. The van der Waals surface area contributed by atoms with E-state index in [1.54, 1.807) is 0 Å². The van der Waals surface area contributed by atoms with Crippen molar-refractivity contribution in [1.82, 2.24) is 15.1 Å². The highest BCUT2D eigenvalue weighted by Crippen LogP contribution is 2.35. The highest BCUT2D eigenvalue weighted by atomic mass is 16.5. The monoisotopic (exact) mass is 325 g/mol. The van der Waals surface area contributed by atoms with Crippen LogP contribution in [0.2, 0.25) is 0 Å². The van der Waals surface area contributed by atoms with Crippen LogP contribution in [0.5, 0.6) is 0 Å². The Kier molecular flexibility index (Phi) is 5.06. The van der Waals surface area contributed by atoms with Gasteiger partial charge in [0.1, 0.15) is 0 Å². The van der Waals surface area contributed by atoms with Crippen LogP contribution in [0.3, 0.4) is 0 Å². The first kappa shape index (κ1) is 16.5. The van der Waals surface area contributed by atoms with Crippen LogP contribution in [0.25, 0.3) is 0 Å². The first-order chi connectivity index (χ1) is 11.1. The maximum Gasteiger partial charge on any atom is 0.317 e. The van der Waals surface area contributed by atoms with Crippen LogP contribution in [0.15, 0.2) is 0 Å². The summed E-state index contributed by atoms with van der Waals surface area (Å²) in [5.74, 6) is -0.147. The molecule has 0 spiro atoms. The Bertz CT molecular complexity index is 449. The summed E-state index contributed by atoms with van der Waals surface area (Å²) in [5.41, 5.74) is 0. The average Bonchev–Trinajstić information content (AvgIpc) is 3.33. The first-order valence-corrected chi connectivity index (χ1v) is 8.69. The number of nitrogens with one attached hydrogen (secondary N) is 1. The van der Waals surface area contributed by atoms with Gasteiger partial charge in [0.2, 0.25) is 0 Å². The molecule has 2 N–H and O–H groups in total. The fourth-order valence-corrected chi connectivity index (χ4v) is 3.56. The minimum Gasteiger partial charge on any atom is -0.480 e. The van der Waals surface area contributed by atoms with Crippen LogP contribution in [-0.4, -0.2) is 77.9 Å². The van der Waals surface area contributed by atoms with E-state index in [0.29, 0.717) is 25.6 Å². The van der Waals surface area contributed by atoms with Gasteiger partial charge in [-0.25, -0.2) is 4.79 Å². The van der Waals surface area contributed by atoms with Crippen LogP contribution >= 0.6 is 0 Å². The maximum atomic E-state index is 12.4. The van der Waals surface area contributed by atoms with Gasteiger partial charge in [-0.15, -0.1) is 0 Å². The fraction of sp³-hybridized carbons (Fsp3) is 0.875. The van der Waals surface area contributed by atoms with E-state index in [1.807, 2.05) is 16.7 Å². The summed E-state index contributed by atoms with van der Waals surface area (Å²) < 4.78 is 5.74. The van der Waals surface area contributed by atoms with Crippen molar-refractivity contribution >= 4 is 12.0 Å². The molecule has 2 saturated carbocycles. The molecule has 1 unspecified atom stereocenters. The predicted molar refractivity (Wildman–Crippen MR) is 84.3 cm³/mol. The number of ether oxygens (including phenoxy) is 1. The van der Waals surface area contributed by atoms with Crippen LogP contribution in [0.1, 0.15) is 32.6 Å². The number of likely N-dealkylation sites (N-methyl/N-ethyl adjacent to an activating group) is 1. The van der Waals surface area contributed by atoms with Crippen molar-refractivity contribution in [2.24, 2.45) is 5.92 Å². The minimum atomic E-state index is -0.793. The molecule has 0 aromatic rings. The summed E-state index contributed by atoms with van der Waals surface area (Å²) in [7, 11) is 0. The highest BCUT2D eigenvalue weighted by Gasteiger charge is 2.38. The summed E-state index contributed by atoms with van der Waals surface area (Å²) in [6.45, 7) is 4.77. The van der Waals surface area contributed by atoms with E-state index in [0.717, 1.165) is 19.4 Å². The van der Waals surface area contributed by atoms with Gasteiger partial charge >= 0.3 is 12.0 Å². The van der Waals surface area contributed by atoms with Crippen LogP contribution in [0.4, 0.5) is 4.79 Å². The van der Waals surface area contributed by atoms with Crippen molar-refractivity contribution in [3.05, 3.63) is 0 Å². The zero-order valence-corrected chi connectivity index (χ0v) is 13.7. The lowest BCUT2D eigenvalue weighted by atomic mass is 9.85. The Hall–Kier alpha value is -1.34. The van der Waals surface area contributed by atoms with E-state index in [2.05, 4.69) is 5.32 Å². The SMILES string of the molecule is CCN(CC(=O)O)C1CC(NC(=O)N2CCOC(C3CC3)C2)C1. The molecule has 0 aromatic carbocycles. The van der Waals surface area contributed by atoms with Gasteiger partial charge in [0, 0.05) is 25.2 Å². The van der Waals surface area contributed by atoms with Crippen LogP contribution in [-0.2, 0) is 9.53 Å². The second-order valence-corrected chi connectivity index (χ2v) is 6.92. The van der Waals surface area contributed by atoms with Gasteiger partial charge in [0.25, 0.3) is 0 Å². The van der Waals surface area contributed by atoms with Crippen molar-refractivity contribution in [3.8, 4) is 0 Å².